The van der Waals surface area contributed by atoms with Crippen molar-refractivity contribution in [1.29, 1.82) is 0 Å². The topological polar surface area (TPSA) is 55.4 Å². The Morgan fingerprint density at radius 3 is 2.46 bits per heavy atom. The Hall–Kier alpha value is -1.84. The molecule has 1 fully saturated rings. The van der Waals surface area contributed by atoms with Crippen LogP contribution in [0.1, 0.15) is 45.6 Å². The zero-order valence-corrected chi connectivity index (χ0v) is 15.2. The molecule has 1 aliphatic carbocycles. The van der Waals surface area contributed by atoms with Crippen molar-refractivity contribution in [2.75, 3.05) is 12.4 Å². The molecule has 1 aromatic rings. The van der Waals surface area contributed by atoms with Crippen LogP contribution in [-0.2, 0) is 20.7 Å². The van der Waals surface area contributed by atoms with E-state index in [9.17, 15) is 9.59 Å². The van der Waals surface area contributed by atoms with Gasteiger partial charge in [-0.25, -0.2) is 0 Å². The van der Waals surface area contributed by atoms with Crippen molar-refractivity contribution in [1.82, 2.24) is 0 Å². The molecule has 1 amide bonds. The molecule has 0 aromatic heterocycles. The highest BCUT2D eigenvalue weighted by molar-refractivity contribution is 5.92. The zero-order chi connectivity index (χ0) is 17.7. The largest absolute Gasteiger partial charge is 0.469 e. The van der Waals surface area contributed by atoms with Gasteiger partial charge in [-0.05, 0) is 48.3 Å². The second kappa shape index (κ2) is 8.32. The van der Waals surface area contributed by atoms with E-state index in [0.717, 1.165) is 24.1 Å². The summed E-state index contributed by atoms with van der Waals surface area (Å²) >= 11 is 0. The van der Waals surface area contributed by atoms with Gasteiger partial charge < -0.3 is 10.1 Å². The van der Waals surface area contributed by atoms with Crippen LogP contribution in [-0.4, -0.2) is 19.0 Å². The van der Waals surface area contributed by atoms with Crippen molar-refractivity contribution in [3.8, 4) is 0 Å². The molecule has 0 spiro atoms. The smallest absolute Gasteiger partial charge is 0.309 e. The van der Waals surface area contributed by atoms with E-state index in [-0.39, 0.29) is 24.2 Å². The highest BCUT2D eigenvalue weighted by Crippen LogP contribution is 2.38. The number of rotatable bonds is 5. The van der Waals surface area contributed by atoms with E-state index >= 15 is 0 Å². The fourth-order valence-electron chi connectivity index (χ4n) is 3.68. The molecular formula is C20H29NO3. The lowest BCUT2D eigenvalue weighted by atomic mass is 9.70. The maximum Gasteiger partial charge on any atom is 0.309 e. The van der Waals surface area contributed by atoms with Crippen LogP contribution in [0.15, 0.2) is 24.3 Å². The standard InChI is InChI=1S/C20H29NO3/c1-13(2)17-10-5-14(3)11-18(17)20(23)21-16-8-6-15(7-9-16)12-19(22)24-4/h6-9,13-14,17-18H,5,10-12H2,1-4H3,(H,21,23)/t14-,17+,18-/m1/s1. The van der Waals surface area contributed by atoms with Crippen molar-refractivity contribution in [3.05, 3.63) is 29.8 Å². The van der Waals surface area contributed by atoms with Gasteiger partial charge in [0.2, 0.25) is 5.91 Å². The molecule has 0 radical (unpaired) electrons. The van der Waals surface area contributed by atoms with Gasteiger partial charge in [0.1, 0.15) is 0 Å². The number of carbonyl (C=O) groups is 2. The summed E-state index contributed by atoms with van der Waals surface area (Å²) in [5, 5.41) is 3.06. The summed E-state index contributed by atoms with van der Waals surface area (Å²) < 4.78 is 4.66. The first-order valence-electron chi connectivity index (χ1n) is 8.87. The van der Waals surface area contributed by atoms with Crippen LogP contribution in [0.4, 0.5) is 5.69 Å². The summed E-state index contributed by atoms with van der Waals surface area (Å²) in [6.07, 6.45) is 3.57. The predicted molar refractivity (Wildman–Crippen MR) is 95.6 cm³/mol. The fourth-order valence-corrected chi connectivity index (χ4v) is 3.68. The number of anilines is 1. The van der Waals surface area contributed by atoms with Crippen LogP contribution in [0.25, 0.3) is 0 Å². The number of hydrogen-bond donors (Lipinski definition) is 1. The van der Waals surface area contributed by atoms with E-state index in [4.69, 9.17) is 0 Å². The molecule has 1 saturated carbocycles. The summed E-state index contributed by atoms with van der Waals surface area (Å²) in [7, 11) is 1.38. The number of nitrogens with one attached hydrogen (secondary N) is 1. The van der Waals surface area contributed by atoms with Gasteiger partial charge in [-0.3, -0.25) is 9.59 Å². The third-order valence-electron chi connectivity index (χ3n) is 5.16. The minimum atomic E-state index is -0.261. The summed E-state index contributed by atoms with van der Waals surface area (Å²) in [6.45, 7) is 6.66. The summed E-state index contributed by atoms with van der Waals surface area (Å²) in [6, 6.07) is 7.42. The predicted octanol–water partition coefficient (Wildman–Crippen LogP) is 4.05. The van der Waals surface area contributed by atoms with E-state index in [1.807, 2.05) is 24.3 Å². The average molecular weight is 331 g/mol. The normalized spacial score (nSPS) is 23.8. The van der Waals surface area contributed by atoms with Crippen molar-refractivity contribution >= 4 is 17.6 Å². The van der Waals surface area contributed by atoms with Crippen molar-refractivity contribution < 1.29 is 14.3 Å². The highest BCUT2D eigenvalue weighted by Gasteiger charge is 2.35. The highest BCUT2D eigenvalue weighted by atomic mass is 16.5. The minimum Gasteiger partial charge on any atom is -0.469 e. The van der Waals surface area contributed by atoms with Gasteiger partial charge in [0.15, 0.2) is 0 Å². The number of amides is 1. The van der Waals surface area contributed by atoms with E-state index in [1.54, 1.807) is 0 Å². The van der Waals surface area contributed by atoms with Crippen molar-refractivity contribution in [3.63, 3.8) is 0 Å². The van der Waals surface area contributed by atoms with Crippen LogP contribution in [0.5, 0.6) is 0 Å². The van der Waals surface area contributed by atoms with E-state index in [1.165, 1.54) is 13.5 Å². The molecule has 0 heterocycles. The Kier molecular flexibility index (Phi) is 6.41. The monoisotopic (exact) mass is 331 g/mol. The fraction of sp³-hybridized carbons (Fsp3) is 0.600. The molecule has 0 aliphatic heterocycles. The number of methoxy groups -OCH3 is 1. The first-order valence-corrected chi connectivity index (χ1v) is 8.87. The molecule has 1 N–H and O–H groups in total. The summed E-state index contributed by atoms with van der Waals surface area (Å²) in [4.78, 5) is 24.0. The van der Waals surface area contributed by atoms with Gasteiger partial charge in [0.05, 0.1) is 13.5 Å². The Morgan fingerprint density at radius 2 is 1.88 bits per heavy atom. The molecule has 0 bridgehead atoms. The lowest BCUT2D eigenvalue weighted by Crippen LogP contribution is -2.36. The maximum absolute atomic E-state index is 12.8. The second-order valence-electron chi connectivity index (χ2n) is 7.37. The van der Waals surface area contributed by atoms with Gasteiger partial charge in [0, 0.05) is 11.6 Å². The van der Waals surface area contributed by atoms with Gasteiger partial charge in [-0.1, -0.05) is 39.3 Å². The van der Waals surface area contributed by atoms with Crippen LogP contribution in [0, 0.1) is 23.7 Å². The van der Waals surface area contributed by atoms with E-state index in [0.29, 0.717) is 17.8 Å². The minimum absolute atomic E-state index is 0.0866. The van der Waals surface area contributed by atoms with Crippen molar-refractivity contribution in [2.45, 2.75) is 46.5 Å². The number of ether oxygens (including phenoxy) is 1. The molecular weight excluding hydrogens is 302 g/mol. The molecule has 4 nitrogen and oxygen atoms in total. The zero-order valence-electron chi connectivity index (χ0n) is 15.2. The average Bonchev–Trinajstić information content (AvgIpc) is 2.56. The van der Waals surface area contributed by atoms with Crippen LogP contribution in [0.3, 0.4) is 0 Å². The van der Waals surface area contributed by atoms with Gasteiger partial charge in [-0.15, -0.1) is 0 Å². The third kappa shape index (κ3) is 4.83. The Labute approximate surface area is 145 Å². The first-order chi connectivity index (χ1) is 11.4. The third-order valence-corrected chi connectivity index (χ3v) is 5.16. The van der Waals surface area contributed by atoms with E-state index < -0.39 is 0 Å². The quantitative estimate of drug-likeness (QED) is 0.828. The molecule has 4 heteroatoms. The molecule has 3 atom stereocenters. The molecule has 2 rings (SSSR count). The van der Waals surface area contributed by atoms with Gasteiger partial charge in [0.25, 0.3) is 0 Å². The lowest BCUT2D eigenvalue weighted by molar-refractivity contribution is -0.139. The summed E-state index contributed by atoms with van der Waals surface area (Å²) in [5.41, 5.74) is 1.67. The molecule has 0 saturated heterocycles. The Bertz CT molecular complexity index is 565. The van der Waals surface area contributed by atoms with E-state index in [2.05, 4.69) is 30.8 Å². The maximum atomic E-state index is 12.8. The number of hydrogen-bond acceptors (Lipinski definition) is 3. The summed E-state index contributed by atoms with van der Waals surface area (Å²) in [5.74, 6) is 1.54. The van der Waals surface area contributed by atoms with Gasteiger partial charge in [-0.2, -0.15) is 0 Å². The lowest BCUT2D eigenvalue weighted by Gasteiger charge is -2.36. The van der Waals surface area contributed by atoms with Crippen LogP contribution >= 0.6 is 0 Å². The van der Waals surface area contributed by atoms with Gasteiger partial charge >= 0.3 is 5.97 Å². The molecule has 132 valence electrons. The van der Waals surface area contributed by atoms with Crippen LogP contribution < -0.4 is 5.32 Å². The molecule has 0 unspecified atom stereocenters. The Morgan fingerprint density at radius 1 is 1.21 bits per heavy atom. The number of benzene rings is 1. The number of esters is 1. The van der Waals surface area contributed by atoms with Crippen LogP contribution in [0.2, 0.25) is 0 Å². The second-order valence-corrected chi connectivity index (χ2v) is 7.37. The SMILES string of the molecule is COC(=O)Cc1ccc(NC(=O)[C@@H]2C[C@H](C)CC[C@H]2C(C)C)cc1. The number of carbonyl (C=O) groups excluding carboxylic acids is 2. The Balaban J connectivity index is 2.01. The first kappa shape index (κ1) is 18.5. The molecule has 1 aliphatic rings. The molecule has 1 aromatic carbocycles. The molecule has 24 heavy (non-hydrogen) atoms. The van der Waals surface area contributed by atoms with Crippen molar-refractivity contribution in [2.24, 2.45) is 23.7 Å².